The number of hydrogen-bond acceptors (Lipinski definition) is 5. The first-order chi connectivity index (χ1) is 13.9. The molecule has 0 aliphatic carbocycles. The van der Waals surface area contributed by atoms with Crippen LogP contribution in [0.1, 0.15) is 38.3 Å². The van der Waals surface area contributed by atoms with Crippen LogP contribution in [0.5, 0.6) is 0 Å². The van der Waals surface area contributed by atoms with Crippen molar-refractivity contribution < 1.29 is 21.6 Å². The first-order valence-corrected chi connectivity index (χ1v) is 11.9. The van der Waals surface area contributed by atoms with Crippen molar-refractivity contribution in [2.45, 2.75) is 52.2 Å². The molecule has 3 rings (SSSR count). The normalized spacial score (nSPS) is 12.2. The van der Waals surface area contributed by atoms with Crippen molar-refractivity contribution in [2.75, 3.05) is 5.75 Å². The maximum absolute atomic E-state index is 13.4. The second-order valence-electron chi connectivity index (χ2n) is 6.26. The Morgan fingerprint density at radius 3 is 2.27 bits per heavy atom. The van der Waals surface area contributed by atoms with Gasteiger partial charge in [-0.05, 0) is 26.0 Å². The molecule has 0 aliphatic heterocycles. The van der Waals surface area contributed by atoms with Gasteiger partial charge >= 0.3 is 6.18 Å². The molecule has 0 unspecified atom stereocenters. The van der Waals surface area contributed by atoms with E-state index in [-0.39, 0.29) is 34.1 Å². The third-order valence-corrected chi connectivity index (χ3v) is 7.41. The van der Waals surface area contributed by atoms with E-state index in [9.17, 15) is 26.4 Å². The average molecular weight is 464 g/mol. The molecule has 11 heteroatoms. The molecule has 0 N–H and O–H groups in total. The number of rotatable bonds is 4. The third-order valence-electron chi connectivity index (χ3n) is 4.48. The number of aromatic nitrogens is 3. The smallest absolute Gasteiger partial charge is 0.322 e. The number of sulfone groups is 1. The highest BCUT2D eigenvalue weighted by molar-refractivity contribution is 7.91. The van der Waals surface area contributed by atoms with Crippen molar-refractivity contribution in [3.05, 3.63) is 33.1 Å². The molecule has 0 spiro atoms. The summed E-state index contributed by atoms with van der Waals surface area (Å²) in [6, 6.07) is 2.35. The number of fused-ring (bicyclic) bond motifs is 1. The second kappa shape index (κ2) is 8.54. The second-order valence-corrected chi connectivity index (χ2v) is 9.76. The lowest BCUT2D eigenvalue weighted by Gasteiger charge is -2.13. The number of pyridine rings is 1. The van der Waals surface area contributed by atoms with E-state index in [1.165, 1.54) is 42.9 Å². The van der Waals surface area contributed by atoms with Gasteiger partial charge in [0.2, 0.25) is 0 Å². The van der Waals surface area contributed by atoms with E-state index in [2.05, 4.69) is 4.98 Å². The average Bonchev–Trinajstić information content (AvgIpc) is 3.23. The van der Waals surface area contributed by atoms with Gasteiger partial charge in [-0.25, -0.2) is 13.4 Å². The standard InChI is InChI=1S/C17H18F3N3O3S2.C2H6/c1-5-23-12(17(18,19)20)8-10-13(16(23)24)22(4)15(21-10)14-11(7-9(3)27-14)28(25,26)6-2;1-2/h7-8H,5-6H2,1-4H3;1-2H3. The predicted molar refractivity (Wildman–Crippen MR) is 113 cm³/mol. The van der Waals surface area contributed by atoms with Gasteiger partial charge in [-0.1, -0.05) is 20.8 Å². The van der Waals surface area contributed by atoms with Crippen molar-refractivity contribution in [1.82, 2.24) is 14.1 Å². The highest BCUT2D eigenvalue weighted by Crippen LogP contribution is 2.37. The van der Waals surface area contributed by atoms with Crippen molar-refractivity contribution in [2.24, 2.45) is 7.05 Å². The van der Waals surface area contributed by atoms with Gasteiger partial charge in [0, 0.05) is 18.5 Å². The van der Waals surface area contributed by atoms with E-state index in [0.29, 0.717) is 9.44 Å². The number of aryl methyl sites for hydroxylation is 2. The van der Waals surface area contributed by atoms with E-state index in [0.717, 1.165) is 10.9 Å². The minimum Gasteiger partial charge on any atom is -0.322 e. The number of imidazole rings is 1. The van der Waals surface area contributed by atoms with Gasteiger partial charge in [-0.2, -0.15) is 13.2 Å². The summed E-state index contributed by atoms with van der Waals surface area (Å²) >= 11 is 1.17. The van der Waals surface area contributed by atoms with Gasteiger partial charge in [0.1, 0.15) is 11.2 Å². The number of alkyl halides is 3. The highest BCUT2D eigenvalue weighted by atomic mass is 32.2. The SMILES string of the molecule is CC.CCn1c(C(F)(F)F)cc2nc(-c3sc(C)cc3S(=O)(=O)CC)n(C)c2c1=O. The first-order valence-electron chi connectivity index (χ1n) is 9.43. The van der Waals surface area contributed by atoms with E-state index < -0.39 is 27.3 Å². The van der Waals surface area contributed by atoms with Gasteiger partial charge in [0.15, 0.2) is 15.7 Å². The summed E-state index contributed by atoms with van der Waals surface area (Å²) in [5, 5.41) is 0. The molecule has 30 heavy (non-hydrogen) atoms. The molecule has 0 aromatic carbocycles. The van der Waals surface area contributed by atoms with Crippen molar-refractivity contribution in [3.63, 3.8) is 0 Å². The molecule has 0 amide bonds. The lowest BCUT2D eigenvalue weighted by atomic mass is 10.3. The molecule has 0 bridgehead atoms. The number of hydrogen-bond donors (Lipinski definition) is 0. The maximum atomic E-state index is 13.4. The topological polar surface area (TPSA) is 74.0 Å². The van der Waals surface area contributed by atoms with E-state index in [1.807, 2.05) is 13.8 Å². The number of nitrogens with zero attached hydrogens (tertiary/aromatic N) is 3. The van der Waals surface area contributed by atoms with Crippen LogP contribution in [-0.2, 0) is 29.6 Å². The Labute approximate surface area is 176 Å². The van der Waals surface area contributed by atoms with Crippen LogP contribution in [0.2, 0.25) is 0 Å². The summed E-state index contributed by atoms with van der Waals surface area (Å²) in [6.07, 6.45) is -4.71. The van der Waals surface area contributed by atoms with Crippen molar-refractivity contribution in [3.8, 4) is 10.7 Å². The molecule has 166 valence electrons. The van der Waals surface area contributed by atoms with Crippen molar-refractivity contribution in [1.29, 1.82) is 0 Å². The zero-order chi connectivity index (χ0) is 23.0. The van der Waals surface area contributed by atoms with Gasteiger partial charge < -0.3 is 9.13 Å². The largest absolute Gasteiger partial charge is 0.431 e. The molecule has 0 saturated heterocycles. The molecular weight excluding hydrogens is 439 g/mol. The Morgan fingerprint density at radius 1 is 1.17 bits per heavy atom. The van der Waals surface area contributed by atoms with Crippen LogP contribution in [0.25, 0.3) is 21.7 Å². The molecule has 3 aromatic heterocycles. The summed E-state index contributed by atoms with van der Waals surface area (Å²) in [5.74, 6) is 0.0280. The molecular formula is C19H24F3N3O3S2. The Morgan fingerprint density at radius 2 is 1.77 bits per heavy atom. The molecule has 0 saturated carbocycles. The Bertz CT molecular complexity index is 1240. The molecule has 0 radical (unpaired) electrons. The molecule has 3 heterocycles. The molecule has 0 aliphatic rings. The first kappa shape index (κ1) is 24.1. The summed E-state index contributed by atoms with van der Waals surface area (Å²) < 4.78 is 67.0. The molecule has 0 fully saturated rings. The van der Waals surface area contributed by atoms with Crippen molar-refractivity contribution >= 4 is 32.2 Å². The van der Waals surface area contributed by atoms with Crippen LogP contribution in [0, 0.1) is 6.92 Å². The summed E-state index contributed by atoms with van der Waals surface area (Å²) in [6.45, 7) is 8.54. The van der Waals surface area contributed by atoms with Crippen LogP contribution >= 0.6 is 11.3 Å². The highest BCUT2D eigenvalue weighted by Gasteiger charge is 2.36. The van der Waals surface area contributed by atoms with Gasteiger partial charge in [0.25, 0.3) is 5.56 Å². The van der Waals surface area contributed by atoms with Gasteiger partial charge in [0.05, 0.1) is 21.0 Å². The zero-order valence-corrected chi connectivity index (χ0v) is 19.2. The fraction of sp³-hybridized carbons (Fsp3) is 0.474. The lowest BCUT2D eigenvalue weighted by Crippen LogP contribution is -2.28. The fourth-order valence-corrected chi connectivity index (χ4v) is 5.66. The predicted octanol–water partition coefficient (Wildman–Crippen LogP) is 4.63. The molecule has 6 nitrogen and oxygen atoms in total. The van der Waals surface area contributed by atoms with Crippen LogP contribution < -0.4 is 5.56 Å². The number of thiophene rings is 1. The van der Waals surface area contributed by atoms with Gasteiger partial charge in [-0.15, -0.1) is 11.3 Å². The van der Waals surface area contributed by atoms with E-state index in [4.69, 9.17) is 0 Å². The lowest BCUT2D eigenvalue weighted by molar-refractivity contribution is -0.144. The Kier molecular flexibility index (Phi) is 6.87. The van der Waals surface area contributed by atoms with Crippen LogP contribution in [0.3, 0.4) is 0 Å². The molecule has 3 aromatic rings. The van der Waals surface area contributed by atoms with Crippen LogP contribution in [0.4, 0.5) is 13.2 Å². The van der Waals surface area contributed by atoms with E-state index in [1.54, 1.807) is 6.92 Å². The van der Waals surface area contributed by atoms with Crippen LogP contribution in [0.15, 0.2) is 21.8 Å². The fourth-order valence-electron chi connectivity index (χ4n) is 3.10. The maximum Gasteiger partial charge on any atom is 0.431 e. The monoisotopic (exact) mass is 463 g/mol. The van der Waals surface area contributed by atoms with Crippen LogP contribution in [-0.4, -0.2) is 28.3 Å². The van der Waals surface area contributed by atoms with Gasteiger partial charge in [-0.3, -0.25) is 4.79 Å². The van der Waals surface area contributed by atoms with E-state index >= 15 is 0 Å². The minimum atomic E-state index is -4.71. The Balaban J connectivity index is 0.00000155. The summed E-state index contributed by atoms with van der Waals surface area (Å²) in [4.78, 5) is 18.0. The minimum absolute atomic E-state index is 0.00394. The number of halogens is 3. The zero-order valence-electron chi connectivity index (χ0n) is 17.6. The Hall–Kier alpha value is -2.14. The summed E-state index contributed by atoms with van der Waals surface area (Å²) in [5.41, 5.74) is -2.02. The quantitative estimate of drug-likeness (QED) is 0.565. The summed E-state index contributed by atoms with van der Waals surface area (Å²) in [7, 11) is -2.07. The molecule has 0 atom stereocenters. The third kappa shape index (κ3) is 4.04.